The molecule has 0 radical (unpaired) electrons. The van der Waals surface area contributed by atoms with Gasteiger partial charge in [-0.2, -0.15) is 0 Å². The number of rotatable bonds is 9. The van der Waals surface area contributed by atoms with Crippen molar-refractivity contribution in [3.05, 3.63) is 101 Å². The minimum atomic E-state index is -1.01. The third-order valence-electron chi connectivity index (χ3n) is 7.22. The zero-order valence-corrected chi connectivity index (χ0v) is 23.8. The molecular weight excluding hydrogens is 514 g/mol. The Morgan fingerprint density at radius 3 is 2.51 bits per heavy atom. The van der Waals surface area contributed by atoms with Gasteiger partial charge < -0.3 is 19.0 Å². The van der Waals surface area contributed by atoms with E-state index in [1.807, 2.05) is 32.0 Å². The van der Waals surface area contributed by atoms with E-state index in [9.17, 15) is 4.79 Å². The molecule has 210 valence electrons. The number of likely N-dealkylation sites (tertiary alicyclic amines) is 1. The Kier molecular flexibility index (Phi) is 8.76. The second kappa shape index (κ2) is 12.8. The first-order valence-corrected chi connectivity index (χ1v) is 14.0. The molecule has 3 aromatic carbocycles. The fraction of sp³-hybridized carbons (Fsp3) is 0.286. The molecule has 1 saturated heterocycles. The molecule has 0 saturated carbocycles. The Bertz CT molecular complexity index is 1610. The van der Waals surface area contributed by atoms with Crippen LogP contribution >= 0.6 is 0 Å². The number of hydrogen-bond donors (Lipinski definition) is 1. The Morgan fingerprint density at radius 2 is 1.78 bits per heavy atom. The van der Waals surface area contributed by atoms with Crippen LogP contribution < -0.4 is 9.47 Å². The lowest BCUT2D eigenvalue weighted by Gasteiger charge is -2.14. The second-order valence-corrected chi connectivity index (χ2v) is 10.4. The summed E-state index contributed by atoms with van der Waals surface area (Å²) in [5, 5.41) is 10.2. The van der Waals surface area contributed by atoms with Crippen LogP contribution in [0.3, 0.4) is 0 Å². The molecule has 6 nitrogen and oxygen atoms in total. The van der Waals surface area contributed by atoms with Crippen molar-refractivity contribution in [2.75, 3.05) is 26.2 Å². The fourth-order valence-electron chi connectivity index (χ4n) is 4.98. The van der Waals surface area contributed by atoms with Gasteiger partial charge in [-0.05, 0) is 124 Å². The summed E-state index contributed by atoms with van der Waals surface area (Å²) in [6, 6.07) is 22.0. The van der Waals surface area contributed by atoms with Crippen molar-refractivity contribution in [1.82, 2.24) is 4.90 Å². The quantitative estimate of drug-likeness (QED) is 0.230. The number of ether oxygens (including phenoxy) is 2. The van der Waals surface area contributed by atoms with Gasteiger partial charge in [0.1, 0.15) is 29.4 Å². The van der Waals surface area contributed by atoms with Crippen LogP contribution in [0.2, 0.25) is 0 Å². The number of carboxylic acid groups (broad SMARTS) is 1. The molecule has 1 aliphatic rings. The van der Waals surface area contributed by atoms with Crippen LogP contribution in [0.1, 0.15) is 47.8 Å². The molecule has 0 amide bonds. The van der Waals surface area contributed by atoms with Crippen LogP contribution in [0.25, 0.3) is 16.5 Å². The van der Waals surface area contributed by atoms with Crippen molar-refractivity contribution in [2.24, 2.45) is 0 Å². The summed E-state index contributed by atoms with van der Waals surface area (Å²) in [5.74, 6) is 7.70. The fourth-order valence-corrected chi connectivity index (χ4v) is 4.98. The van der Waals surface area contributed by atoms with Crippen LogP contribution in [0.15, 0.2) is 77.2 Å². The number of aliphatic carboxylic acids is 1. The van der Waals surface area contributed by atoms with Gasteiger partial charge in [0.05, 0.1) is 6.54 Å². The Hall–Kier alpha value is -4.47. The lowest BCUT2D eigenvalue weighted by molar-refractivity contribution is -0.144. The second-order valence-electron chi connectivity index (χ2n) is 10.4. The maximum atomic E-state index is 11.1. The largest absolute Gasteiger partial charge is 0.489 e. The van der Waals surface area contributed by atoms with Gasteiger partial charge in [0, 0.05) is 10.9 Å². The smallest absolute Gasteiger partial charge is 0.344 e. The van der Waals surface area contributed by atoms with Gasteiger partial charge in [-0.1, -0.05) is 30.0 Å². The zero-order valence-electron chi connectivity index (χ0n) is 23.8. The molecule has 1 N–H and O–H groups in total. The van der Waals surface area contributed by atoms with E-state index >= 15 is 0 Å². The highest BCUT2D eigenvalue weighted by atomic mass is 16.5. The molecule has 1 fully saturated rings. The van der Waals surface area contributed by atoms with Crippen molar-refractivity contribution in [3.8, 4) is 23.3 Å². The van der Waals surface area contributed by atoms with Crippen LogP contribution in [-0.2, 0) is 4.79 Å². The lowest BCUT2D eigenvalue weighted by atomic mass is 9.96. The molecule has 4 aromatic rings. The van der Waals surface area contributed by atoms with Crippen LogP contribution in [0, 0.1) is 25.7 Å². The highest BCUT2D eigenvalue weighted by molar-refractivity contribution is 5.87. The first kappa shape index (κ1) is 28.1. The Balaban J connectivity index is 1.35. The molecule has 41 heavy (non-hydrogen) atoms. The van der Waals surface area contributed by atoms with Crippen molar-refractivity contribution in [1.29, 1.82) is 0 Å². The highest BCUT2D eigenvalue weighted by Gasteiger charge is 2.14. The third-order valence-corrected chi connectivity index (χ3v) is 7.22. The Labute approximate surface area is 241 Å². The molecule has 0 spiro atoms. The van der Waals surface area contributed by atoms with E-state index in [0.29, 0.717) is 18.1 Å². The standard InChI is InChI=1S/C35H35NO5/c1-24-21-31(13-15-33(24)41-26(3)35(37)38)39-20-16-32(29-12-14-34-30(23-29)22-25(2)40-34)28-10-8-27(9-11-28)7-6-19-36-17-4-5-18-36/h8-16,21-23,26H,4-5,17-20H2,1-3H3,(H,37,38)/b32-16+. The molecule has 6 heteroatoms. The minimum Gasteiger partial charge on any atom is -0.489 e. The first-order valence-electron chi connectivity index (χ1n) is 14.0. The summed E-state index contributed by atoms with van der Waals surface area (Å²) in [7, 11) is 0. The topological polar surface area (TPSA) is 72.1 Å². The average molecular weight is 550 g/mol. The predicted octanol–water partition coefficient (Wildman–Crippen LogP) is 6.86. The number of benzene rings is 3. The van der Waals surface area contributed by atoms with Gasteiger partial charge in [0.25, 0.3) is 0 Å². The molecule has 1 unspecified atom stereocenters. The monoisotopic (exact) mass is 549 g/mol. The van der Waals surface area contributed by atoms with Crippen LogP contribution in [0.4, 0.5) is 0 Å². The molecule has 1 atom stereocenters. The van der Waals surface area contributed by atoms with Crippen molar-refractivity contribution < 1.29 is 23.8 Å². The van der Waals surface area contributed by atoms with E-state index in [0.717, 1.165) is 64.2 Å². The summed E-state index contributed by atoms with van der Waals surface area (Å²) in [6.45, 7) is 8.79. The molecule has 0 bridgehead atoms. The van der Waals surface area contributed by atoms with Crippen LogP contribution in [-0.4, -0.2) is 48.3 Å². The SMILES string of the molecule is Cc1cc2cc(/C(=C/COc3ccc(OC(C)C(=O)O)c(C)c3)c3ccc(C#CCN4CCCC4)cc3)ccc2o1. The predicted molar refractivity (Wildman–Crippen MR) is 161 cm³/mol. The first-order chi connectivity index (χ1) is 19.9. The van der Waals surface area contributed by atoms with Crippen molar-refractivity contribution >= 4 is 22.5 Å². The maximum absolute atomic E-state index is 11.1. The zero-order chi connectivity index (χ0) is 28.8. The number of carbonyl (C=O) groups is 1. The number of carboxylic acids is 1. The number of aryl methyl sites for hydroxylation is 2. The summed E-state index contributed by atoms with van der Waals surface area (Å²) in [6.07, 6.45) is 3.69. The number of fused-ring (bicyclic) bond motifs is 1. The van der Waals surface area contributed by atoms with Gasteiger partial charge in [0.2, 0.25) is 0 Å². The maximum Gasteiger partial charge on any atom is 0.344 e. The molecule has 0 aliphatic carbocycles. The van der Waals surface area contributed by atoms with Crippen molar-refractivity contribution in [2.45, 2.75) is 39.7 Å². The summed E-state index contributed by atoms with van der Waals surface area (Å²) in [4.78, 5) is 13.5. The minimum absolute atomic E-state index is 0.348. The molecular formula is C35H35NO5. The average Bonchev–Trinajstić information content (AvgIpc) is 3.61. The van der Waals surface area contributed by atoms with Gasteiger partial charge >= 0.3 is 5.97 Å². The number of furan rings is 1. The molecule has 5 rings (SSSR count). The molecule has 2 heterocycles. The normalized spacial score (nSPS) is 14.5. The number of hydrogen-bond acceptors (Lipinski definition) is 5. The van der Waals surface area contributed by atoms with E-state index in [1.54, 1.807) is 12.1 Å². The van der Waals surface area contributed by atoms with Gasteiger partial charge in [-0.25, -0.2) is 4.79 Å². The number of nitrogens with zero attached hydrogens (tertiary/aromatic N) is 1. The summed E-state index contributed by atoms with van der Waals surface area (Å²) < 4.78 is 17.4. The van der Waals surface area contributed by atoms with E-state index in [1.165, 1.54) is 19.8 Å². The molecule has 1 aromatic heterocycles. The third kappa shape index (κ3) is 7.19. The van der Waals surface area contributed by atoms with E-state index < -0.39 is 12.1 Å². The highest BCUT2D eigenvalue weighted by Crippen LogP contribution is 2.29. The van der Waals surface area contributed by atoms with E-state index in [2.05, 4.69) is 59.2 Å². The van der Waals surface area contributed by atoms with Gasteiger partial charge in [0.15, 0.2) is 6.10 Å². The van der Waals surface area contributed by atoms with Crippen LogP contribution in [0.5, 0.6) is 11.5 Å². The Morgan fingerprint density at radius 1 is 1.02 bits per heavy atom. The lowest BCUT2D eigenvalue weighted by Crippen LogP contribution is -2.23. The molecule has 1 aliphatic heterocycles. The van der Waals surface area contributed by atoms with Crippen molar-refractivity contribution in [3.63, 3.8) is 0 Å². The van der Waals surface area contributed by atoms with E-state index in [4.69, 9.17) is 19.0 Å². The van der Waals surface area contributed by atoms with Gasteiger partial charge in [-0.15, -0.1) is 0 Å². The van der Waals surface area contributed by atoms with Gasteiger partial charge in [-0.3, -0.25) is 4.90 Å². The van der Waals surface area contributed by atoms with E-state index in [-0.39, 0.29) is 0 Å². The summed E-state index contributed by atoms with van der Waals surface area (Å²) >= 11 is 0. The summed E-state index contributed by atoms with van der Waals surface area (Å²) in [5.41, 5.74) is 5.86.